The van der Waals surface area contributed by atoms with Gasteiger partial charge in [-0.2, -0.15) is 0 Å². The highest BCUT2D eigenvalue weighted by Crippen LogP contribution is 2.42. The van der Waals surface area contributed by atoms with Gasteiger partial charge in [0.15, 0.2) is 24.0 Å². The number of aliphatic hydroxyl groups is 5. The molecule has 0 aromatic heterocycles. The van der Waals surface area contributed by atoms with Gasteiger partial charge in [-0.05, 0) is 82.3 Å². The molecule has 0 aliphatic carbocycles. The van der Waals surface area contributed by atoms with E-state index in [1.165, 1.54) is 34.8 Å². The average Bonchev–Trinajstić information content (AvgIpc) is 3.18. The first kappa shape index (κ1) is 55.7. The van der Waals surface area contributed by atoms with Crippen LogP contribution in [0.25, 0.3) is 0 Å². The van der Waals surface area contributed by atoms with Crippen LogP contribution in [-0.2, 0) is 52.3 Å². The first-order valence-electron chi connectivity index (χ1n) is 21.6. The van der Waals surface area contributed by atoms with Crippen LogP contribution in [0.3, 0.4) is 0 Å². The number of aliphatic hydroxyl groups excluding tert-OH is 3. The molecule has 62 heavy (non-hydrogen) atoms. The third-order valence-corrected chi connectivity index (χ3v) is 12.6. The summed E-state index contributed by atoms with van der Waals surface area (Å²) in [6.07, 6.45) is -12.1. The fourth-order valence-electron chi connectivity index (χ4n) is 8.89. The molecule has 3 rings (SSSR count). The second kappa shape index (κ2) is 22.7. The van der Waals surface area contributed by atoms with Gasteiger partial charge in [0.2, 0.25) is 0 Å². The summed E-state index contributed by atoms with van der Waals surface area (Å²) in [6, 6.07) is -0.405. The zero-order chi connectivity index (χ0) is 47.9. The topological polar surface area (TPSA) is 258 Å². The van der Waals surface area contributed by atoms with E-state index in [-0.39, 0.29) is 31.8 Å². The average molecular weight is 898 g/mol. The van der Waals surface area contributed by atoms with Crippen LogP contribution in [0.1, 0.15) is 115 Å². The van der Waals surface area contributed by atoms with Crippen molar-refractivity contribution in [2.75, 3.05) is 27.8 Å². The number of carboxylic acid groups (broad SMARTS) is 1. The predicted molar refractivity (Wildman–Crippen MR) is 220 cm³/mol. The van der Waals surface area contributed by atoms with Crippen molar-refractivity contribution in [3.05, 3.63) is 0 Å². The molecular formula is C43H76FNO17. The standard InChI is InChI=1S/C37H66FNO13.C6H10O4/c1-14-24-37(10,46)29(42)21(5)28(41)34(7,38)17-35(8,45)31(52-33-26(40)23(39(11)12)15-18(2)48-33)19(3)27(20(4)32(44)50-24)51-25-16-36(9,47-13)30(43)22(6)49-25;1-2-10-6(9)4-3-5(7)8/h18-27,29-31,33,40,42-43,45-46H,14-17H2,1-13H3;2-4H2,1H3,(H,7,8)/t18-,19+,20-,21+,22+,23+,24-,25+,26-,27+,29-,30+,31-,33+,34+,35-,36+,37-;/m1./s1. The van der Waals surface area contributed by atoms with E-state index in [4.69, 9.17) is 33.5 Å². The molecule has 18 nitrogen and oxygen atoms in total. The Morgan fingerprint density at radius 3 is 2.02 bits per heavy atom. The number of aliphatic carboxylic acids is 1. The fourth-order valence-corrected chi connectivity index (χ4v) is 8.89. The van der Waals surface area contributed by atoms with Gasteiger partial charge in [0.25, 0.3) is 0 Å². The number of likely N-dealkylation sites (N-methyl/N-ethyl adjacent to an activating group) is 1. The molecule has 19 heteroatoms. The van der Waals surface area contributed by atoms with E-state index in [1.54, 1.807) is 48.7 Å². The fraction of sp³-hybridized carbons (Fsp3) is 0.907. The molecule has 3 heterocycles. The number of Topliss-reactive ketones (excluding diaryl/α,β-unsaturated/α-hetero) is 1. The van der Waals surface area contributed by atoms with Gasteiger partial charge in [-0.1, -0.05) is 20.8 Å². The zero-order valence-electron chi connectivity index (χ0n) is 39.0. The minimum absolute atomic E-state index is 0.0296. The molecule has 0 aromatic carbocycles. The molecule has 3 aliphatic heterocycles. The predicted octanol–water partition coefficient (Wildman–Crippen LogP) is 2.29. The molecule has 0 aromatic rings. The number of hydrogen-bond donors (Lipinski definition) is 6. The highest BCUT2D eigenvalue weighted by molar-refractivity contribution is 5.89. The van der Waals surface area contributed by atoms with Gasteiger partial charge in [-0.15, -0.1) is 0 Å². The van der Waals surface area contributed by atoms with Crippen LogP contribution in [0.4, 0.5) is 4.39 Å². The SMILES string of the molecule is CCOC(=O)CCC(=O)O.CC[C@H]1OC(=O)[C@H](C)[C@@H](O[C@H]2C[C@](C)(OC)[C@@H](O)[C@H](C)O2)[C@H](C)[C@@H](O[C@@H]2O[C@H](C)C[C@H](N(C)C)[C@H]2O)[C@](C)(O)C[C@](C)(F)C(=O)[C@H](C)[C@@H](O)[C@]1(C)O. The van der Waals surface area contributed by atoms with Crippen LogP contribution in [0.5, 0.6) is 0 Å². The van der Waals surface area contributed by atoms with E-state index >= 15 is 4.39 Å². The summed E-state index contributed by atoms with van der Waals surface area (Å²) in [5, 5.41) is 65.5. The number of carboxylic acids is 1. The minimum atomic E-state index is -2.77. The lowest BCUT2D eigenvalue weighted by Gasteiger charge is -2.49. The Hall–Kier alpha value is -2.43. The van der Waals surface area contributed by atoms with Crippen LogP contribution in [0.15, 0.2) is 0 Å². The second-order valence-electron chi connectivity index (χ2n) is 18.4. The number of rotatable bonds is 11. The normalized spacial score (nSPS) is 43.8. The summed E-state index contributed by atoms with van der Waals surface area (Å²) in [6.45, 7) is 16.7. The van der Waals surface area contributed by atoms with Crippen molar-refractivity contribution in [2.24, 2.45) is 17.8 Å². The van der Waals surface area contributed by atoms with Gasteiger partial charge in [-0.3, -0.25) is 19.2 Å². The Bertz CT molecular complexity index is 1480. The summed E-state index contributed by atoms with van der Waals surface area (Å²) < 4.78 is 57.9. The van der Waals surface area contributed by atoms with Crippen molar-refractivity contribution >= 4 is 23.7 Å². The Kier molecular flexibility index (Phi) is 20.4. The van der Waals surface area contributed by atoms with E-state index in [9.17, 15) is 44.7 Å². The van der Waals surface area contributed by atoms with Crippen LogP contribution >= 0.6 is 0 Å². The summed E-state index contributed by atoms with van der Waals surface area (Å²) in [5.74, 6) is -7.04. The molecule has 6 N–H and O–H groups in total. The van der Waals surface area contributed by atoms with Gasteiger partial charge in [-0.25, -0.2) is 4.39 Å². The first-order valence-corrected chi connectivity index (χ1v) is 21.6. The summed E-state index contributed by atoms with van der Waals surface area (Å²) in [7, 11) is 5.04. The number of carbonyl (C=O) groups excluding carboxylic acids is 3. The van der Waals surface area contributed by atoms with Gasteiger partial charge in [0.1, 0.15) is 23.9 Å². The quantitative estimate of drug-likeness (QED) is 0.163. The van der Waals surface area contributed by atoms with Crippen molar-refractivity contribution in [3.63, 3.8) is 0 Å². The maximum absolute atomic E-state index is 16.8. The Morgan fingerprint density at radius 2 is 1.50 bits per heavy atom. The van der Waals surface area contributed by atoms with Crippen LogP contribution < -0.4 is 0 Å². The molecule has 3 aliphatic rings. The van der Waals surface area contributed by atoms with E-state index < -0.39 is 132 Å². The number of cyclic esters (lactones) is 1. The maximum Gasteiger partial charge on any atom is 0.311 e. The van der Waals surface area contributed by atoms with Crippen LogP contribution in [-0.4, -0.2) is 177 Å². The smallest absolute Gasteiger partial charge is 0.311 e. The molecule has 0 radical (unpaired) electrons. The van der Waals surface area contributed by atoms with Crippen molar-refractivity contribution in [3.8, 4) is 0 Å². The summed E-state index contributed by atoms with van der Waals surface area (Å²) >= 11 is 0. The number of hydrogen-bond acceptors (Lipinski definition) is 17. The third-order valence-electron chi connectivity index (χ3n) is 12.6. The molecule has 0 amide bonds. The molecular weight excluding hydrogens is 821 g/mol. The van der Waals surface area contributed by atoms with E-state index in [0.29, 0.717) is 13.0 Å². The zero-order valence-corrected chi connectivity index (χ0v) is 39.0. The van der Waals surface area contributed by atoms with Crippen molar-refractivity contribution in [2.45, 2.75) is 205 Å². The lowest BCUT2D eigenvalue weighted by atomic mass is 9.73. The van der Waals surface area contributed by atoms with Crippen molar-refractivity contribution < 1.29 is 87.4 Å². The number of halogens is 1. The highest BCUT2D eigenvalue weighted by atomic mass is 19.1. The third kappa shape index (κ3) is 13.8. The molecule has 18 atom stereocenters. The number of esters is 2. The number of ether oxygens (including phenoxy) is 7. The number of methoxy groups -OCH3 is 1. The van der Waals surface area contributed by atoms with Gasteiger partial charge in [0, 0.05) is 37.8 Å². The monoisotopic (exact) mass is 898 g/mol. The lowest BCUT2D eigenvalue weighted by Crippen LogP contribution is -2.62. The molecule has 0 spiro atoms. The number of ketones is 1. The lowest BCUT2D eigenvalue weighted by molar-refractivity contribution is -0.318. The van der Waals surface area contributed by atoms with E-state index in [0.717, 1.165) is 6.92 Å². The molecule has 3 fully saturated rings. The Morgan fingerprint density at radius 1 is 0.903 bits per heavy atom. The molecule has 362 valence electrons. The molecule has 3 saturated heterocycles. The highest BCUT2D eigenvalue weighted by Gasteiger charge is 2.56. The number of carbonyl (C=O) groups is 4. The van der Waals surface area contributed by atoms with Gasteiger partial charge >= 0.3 is 17.9 Å². The van der Waals surface area contributed by atoms with Gasteiger partial charge < -0.3 is 68.7 Å². The van der Waals surface area contributed by atoms with Crippen molar-refractivity contribution in [1.82, 2.24) is 4.90 Å². The van der Waals surface area contributed by atoms with Crippen molar-refractivity contribution in [1.29, 1.82) is 0 Å². The molecule has 0 saturated carbocycles. The second-order valence-corrected chi connectivity index (χ2v) is 18.4. The van der Waals surface area contributed by atoms with E-state index in [2.05, 4.69) is 4.74 Å². The largest absolute Gasteiger partial charge is 0.481 e. The van der Waals surface area contributed by atoms with E-state index in [1.807, 2.05) is 11.8 Å². The summed E-state index contributed by atoms with van der Waals surface area (Å²) in [4.78, 5) is 50.0. The number of alkyl halides is 1. The molecule has 0 unspecified atom stereocenters. The maximum atomic E-state index is 16.8. The molecule has 0 bridgehead atoms. The Balaban J connectivity index is 0.00000117. The summed E-state index contributed by atoms with van der Waals surface area (Å²) in [5.41, 5.74) is -8.26. The van der Waals surface area contributed by atoms with Crippen LogP contribution in [0, 0.1) is 17.8 Å². The van der Waals surface area contributed by atoms with Gasteiger partial charge in [0.05, 0.1) is 67.1 Å². The Labute approximate surface area is 365 Å². The minimum Gasteiger partial charge on any atom is -0.481 e. The number of nitrogens with zero attached hydrogens (tertiary/aromatic N) is 1. The van der Waals surface area contributed by atoms with Crippen LogP contribution in [0.2, 0.25) is 0 Å². The first-order chi connectivity index (χ1) is 28.4.